The number of carbonyl (C=O) groups excluding carboxylic acids is 1. The van der Waals surface area contributed by atoms with Gasteiger partial charge >= 0.3 is 0 Å². The second-order valence-electron chi connectivity index (χ2n) is 7.65. The van der Waals surface area contributed by atoms with Gasteiger partial charge in [-0.15, -0.1) is 0 Å². The van der Waals surface area contributed by atoms with Crippen LogP contribution in [0.4, 0.5) is 0 Å². The lowest BCUT2D eigenvalue weighted by molar-refractivity contribution is 0.0708. The molecule has 1 heterocycles. The van der Waals surface area contributed by atoms with E-state index in [0.717, 1.165) is 18.5 Å². The average molecular weight is 383 g/mol. The predicted octanol–water partition coefficient (Wildman–Crippen LogP) is 4.33. The number of nitrogens with zero attached hydrogens (tertiary/aromatic N) is 1. The molecule has 1 aliphatic heterocycles. The van der Waals surface area contributed by atoms with Crippen molar-refractivity contribution in [1.29, 1.82) is 0 Å². The van der Waals surface area contributed by atoms with Gasteiger partial charge in [-0.2, -0.15) is 0 Å². The Morgan fingerprint density at radius 1 is 1.20 bits per heavy atom. The molecular weight excluding hydrogens is 361 g/mol. The maximum atomic E-state index is 12.8. The molecule has 1 amide bonds. The number of halogens is 1. The monoisotopic (exact) mass is 383 g/mol. The number of rotatable bonds is 1. The van der Waals surface area contributed by atoms with Crippen molar-refractivity contribution in [2.24, 2.45) is 10.8 Å². The Bertz CT molecular complexity index is 536. The average Bonchev–Trinajstić information content (AvgIpc) is 2.58. The molecule has 2 atom stereocenters. The highest BCUT2D eigenvalue weighted by Gasteiger charge is 2.50. The Labute approximate surface area is 135 Å². The van der Waals surface area contributed by atoms with E-state index in [1.54, 1.807) is 0 Å². The number of likely N-dealkylation sites (tertiary alicyclic amines) is 1. The lowest BCUT2D eigenvalue weighted by Crippen LogP contribution is -2.37. The van der Waals surface area contributed by atoms with Gasteiger partial charge in [0.25, 0.3) is 5.91 Å². The molecule has 20 heavy (non-hydrogen) atoms. The molecule has 2 nitrogen and oxygen atoms in total. The molecule has 0 spiro atoms. The zero-order valence-corrected chi connectivity index (χ0v) is 14.6. The lowest BCUT2D eigenvalue weighted by atomic mass is 9.65. The Hall–Kier alpha value is -0.580. The molecule has 108 valence electrons. The van der Waals surface area contributed by atoms with Crippen LogP contribution in [0, 0.1) is 14.4 Å². The first-order chi connectivity index (χ1) is 9.28. The van der Waals surface area contributed by atoms with E-state index in [1.807, 2.05) is 24.3 Å². The highest BCUT2D eigenvalue weighted by molar-refractivity contribution is 14.1. The molecule has 2 fully saturated rings. The molecule has 0 N–H and O–H groups in total. The number of carbonyl (C=O) groups is 1. The first-order valence-corrected chi connectivity index (χ1v) is 8.43. The smallest absolute Gasteiger partial charge is 0.254 e. The van der Waals surface area contributed by atoms with Crippen LogP contribution in [-0.2, 0) is 0 Å². The van der Waals surface area contributed by atoms with Gasteiger partial charge in [0.1, 0.15) is 0 Å². The maximum Gasteiger partial charge on any atom is 0.254 e. The van der Waals surface area contributed by atoms with Gasteiger partial charge in [0.2, 0.25) is 0 Å². The summed E-state index contributed by atoms with van der Waals surface area (Å²) < 4.78 is 1.17. The molecule has 1 aromatic carbocycles. The minimum Gasteiger partial charge on any atom is -0.335 e. The Morgan fingerprint density at radius 2 is 1.85 bits per heavy atom. The van der Waals surface area contributed by atoms with E-state index >= 15 is 0 Å². The van der Waals surface area contributed by atoms with E-state index in [0.29, 0.717) is 16.9 Å². The number of hydrogen-bond acceptors (Lipinski definition) is 1. The third-order valence-corrected chi connectivity index (χ3v) is 5.49. The summed E-state index contributed by atoms with van der Waals surface area (Å²) in [6, 6.07) is 8.37. The molecule has 2 unspecified atom stereocenters. The van der Waals surface area contributed by atoms with Crippen LogP contribution in [-0.4, -0.2) is 23.4 Å². The van der Waals surface area contributed by atoms with Crippen molar-refractivity contribution in [3.8, 4) is 0 Å². The van der Waals surface area contributed by atoms with Crippen LogP contribution in [0.1, 0.15) is 50.4 Å². The summed E-state index contributed by atoms with van der Waals surface area (Å²) in [7, 11) is 0. The quantitative estimate of drug-likeness (QED) is 0.661. The van der Waals surface area contributed by atoms with E-state index in [4.69, 9.17) is 0 Å². The fourth-order valence-corrected chi connectivity index (χ4v) is 4.82. The molecule has 1 aromatic rings. The summed E-state index contributed by atoms with van der Waals surface area (Å²) in [6.07, 6.45) is 3.54. The molecule has 3 heteroatoms. The van der Waals surface area contributed by atoms with Gasteiger partial charge < -0.3 is 4.90 Å². The van der Waals surface area contributed by atoms with E-state index in [2.05, 4.69) is 48.3 Å². The van der Waals surface area contributed by atoms with Gasteiger partial charge in [0.15, 0.2) is 0 Å². The van der Waals surface area contributed by atoms with E-state index in [1.165, 1.54) is 16.4 Å². The highest BCUT2D eigenvalue weighted by Crippen LogP contribution is 2.52. The van der Waals surface area contributed by atoms with Gasteiger partial charge in [-0.25, -0.2) is 0 Å². The van der Waals surface area contributed by atoms with Gasteiger partial charge in [-0.05, 0) is 76.9 Å². The van der Waals surface area contributed by atoms with Gasteiger partial charge in [0.05, 0.1) is 0 Å². The number of fused-ring (bicyclic) bond motifs is 2. The lowest BCUT2D eigenvalue weighted by Gasteiger charge is -2.39. The van der Waals surface area contributed by atoms with Crippen molar-refractivity contribution < 1.29 is 4.79 Å². The minimum atomic E-state index is 0.216. The predicted molar refractivity (Wildman–Crippen MR) is 89.7 cm³/mol. The Kier molecular flexibility index (Phi) is 3.39. The molecule has 3 rings (SSSR count). The summed E-state index contributed by atoms with van der Waals surface area (Å²) in [5.41, 5.74) is 1.50. The molecule has 1 aliphatic carbocycles. The van der Waals surface area contributed by atoms with E-state index in [9.17, 15) is 4.79 Å². The SMILES string of the molecule is CC1(C)CC2CC(C)(CN2C(=O)c2ccc(I)cc2)C1. The van der Waals surface area contributed by atoms with Crippen LogP contribution in [0.2, 0.25) is 0 Å². The number of benzene rings is 1. The van der Waals surface area contributed by atoms with E-state index in [-0.39, 0.29) is 5.91 Å². The zero-order chi connectivity index (χ0) is 14.5. The Morgan fingerprint density at radius 3 is 2.50 bits per heavy atom. The van der Waals surface area contributed by atoms with Crippen LogP contribution in [0.5, 0.6) is 0 Å². The number of amides is 1. The molecule has 0 radical (unpaired) electrons. The maximum absolute atomic E-state index is 12.8. The standard InChI is InChI=1S/C17H22INO/c1-16(2)8-14-9-17(3,10-16)11-19(14)15(20)12-4-6-13(18)7-5-12/h4-7,14H,8-11H2,1-3H3. The van der Waals surface area contributed by atoms with Crippen molar-refractivity contribution >= 4 is 28.5 Å². The van der Waals surface area contributed by atoms with Gasteiger partial charge in [0, 0.05) is 21.7 Å². The van der Waals surface area contributed by atoms with Gasteiger partial charge in [-0.3, -0.25) is 4.79 Å². The highest BCUT2D eigenvalue weighted by atomic mass is 127. The molecule has 0 aromatic heterocycles. The normalized spacial score (nSPS) is 31.4. The van der Waals surface area contributed by atoms with Crippen molar-refractivity contribution in [1.82, 2.24) is 4.90 Å². The third kappa shape index (κ3) is 2.61. The fourth-order valence-electron chi connectivity index (χ4n) is 4.46. The van der Waals surface area contributed by atoms with Crippen molar-refractivity contribution in [3.05, 3.63) is 33.4 Å². The molecule has 2 bridgehead atoms. The molecular formula is C17H22INO. The van der Waals surface area contributed by atoms with Crippen LogP contribution in [0.15, 0.2) is 24.3 Å². The summed E-state index contributed by atoms with van der Waals surface area (Å²) in [5, 5.41) is 0. The van der Waals surface area contributed by atoms with Crippen molar-refractivity contribution in [2.75, 3.05) is 6.54 Å². The van der Waals surface area contributed by atoms with Crippen molar-refractivity contribution in [3.63, 3.8) is 0 Å². The Balaban J connectivity index is 1.85. The zero-order valence-electron chi connectivity index (χ0n) is 12.4. The first-order valence-electron chi connectivity index (χ1n) is 7.35. The molecule has 2 aliphatic rings. The fraction of sp³-hybridized carbons (Fsp3) is 0.588. The topological polar surface area (TPSA) is 20.3 Å². The summed E-state index contributed by atoms with van der Waals surface area (Å²) in [4.78, 5) is 14.9. The van der Waals surface area contributed by atoms with Crippen LogP contribution in [0.3, 0.4) is 0 Å². The van der Waals surface area contributed by atoms with E-state index < -0.39 is 0 Å². The summed E-state index contributed by atoms with van der Waals surface area (Å²) in [5.74, 6) is 0.216. The second-order valence-corrected chi connectivity index (χ2v) is 8.90. The minimum absolute atomic E-state index is 0.216. The summed E-state index contributed by atoms with van der Waals surface area (Å²) >= 11 is 2.27. The summed E-state index contributed by atoms with van der Waals surface area (Å²) in [6.45, 7) is 7.96. The first kappa shape index (κ1) is 14.4. The third-order valence-electron chi connectivity index (χ3n) is 4.77. The van der Waals surface area contributed by atoms with Crippen molar-refractivity contribution in [2.45, 2.75) is 46.1 Å². The molecule has 1 saturated carbocycles. The van der Waals surface area contributed by atoms with Gasteiger partial charge in [-0.1, -0.05) is 20.8 Å². The number of hydrogen-bond donors (Lipinski definition) is 0. The molecule has 1 saturated heterocycles. The van der Waals surface area contributed by atoms with Crippen LogP contribution >= 0.6 is 22.6 Å². The second kappa shape index (κ2) is 4.72. The van der Waals surface area contributed by atoms with Crippen LogP contribution in [0.25, 0.3) is 0 Å². The largest absolute Gasteiger partial charge is 0.335 e. The van der Waals surface area contributed by atoms with Crippen LogP contribution < -0.4 is 0 Å².